The van der Waals surface area contributed by atoms with Crippen molar-refractivity contribution in [2.75, 3.05) is 0 Å². The van der Waals surface area contributed by atoms with Gasteiger partial charge in [0.25, 0.3) is 0 Å². The third-order valence-electron chi connectivity index (χ3n) is 4.00. The first kappa shape index (κ1) is 13.0. The normalized spacial score (nSPS) is 22.0. The summed E-state index contributed by atoms with van der Waals surface area (Å²) in [6.45, 7) is 4.61. The molecule has 96 valence electrons. The van der Waals surface area contributed by atoms with Gasteiger partial charge in [-0.1, -0.05) is 25.7 Å². The molecule has 1 aromatic heterocycles. The lowest BCUT2D eigenvalue weighted by molar-refractivity contribution is 0.317. The second-order valence-electron chi connectivity index (χ2n) is 5.33. The van der Waals surface area contributed by atoms with Gasteiger partial charge in [-0.25, -0.2) is 0 Å². The van der Waals surface area contributed by atoms with E-state index in [0.29, 0.717) is 12.1 Å². The Hall–Kier alpha value is -0.410. The summed E-state index contributed by atoms with van der Waals surface area (Å²) in [4.78, 5) is 5.51. The van der Waals surface area contributed by atoms with Gasteiger partial charge in [0.2, 0.25) is 0 Å². The molecule has 3 heteroatoms. The number of nitrogens with zero attached hydrogens (tertiary/aromatic N) is 1. The molecule has 17 heavy (non-hydrogen) atoms. The Labute approximate surface area is 109 Å². The van der Waals surface area contributed by atoms with Gasteiger partial charge < -0.3 is 5.32 Å². The second kappa shape index (κ2) is 6.50. The quantitative estimate of drug-likeness (QED) is 0.814. The highest BCUT2D eigenvalue weighted by atomic mass is 32.1. The maximum atomic E-state index is 4.16. The zero-order chi connectivity index (χ0) is 12.1. The van der Waals surface area contributed by atoms with Crippen molar-refractivity contribution in [2.45, 2.75) is 64.5 Å². The van der Waals surface area contributed by atoms with Gasteiger partial charge >= 0.3 is 0 Å². The van der Waals surface area contributed by atoms with E-state index in [4.69, 9.17) is 0 Å². The smallest absolute Gasteiger partial charge is 0.0794 e. The molecule has 0 amide bonds. The highest BCUT2D eigenvalue weighted by molar-refractivity contribution is 7.09. The van der Waals surface area contributed by atoms with E-state index in [0.717, 1.165) is 5.92 Å². The van der Waals surface area contributed by atoms with E-state index in [-0.39, 0.29) is 0 Å². The zero-order valence-electron chi connectivity index (χ0n) is 11.0. The van der Waals surface area contributed by atoms with Gasteiger partial charge in [0.1, 0.15) is 0 Å². The van der Waals surface area contributed by atoms with Crippen molar-refractivity contribution in [1.29, 1.82) is 0 Å². The van der Waals surface area contributed by atoms with Crippen LogP contribution in [0.5, 0.6) is 0 Å². The Morgan fingerprint density at radius 1 is 1.24 bits per heavy atom. The first-order valence-corrected chi connectivity index (χ1v) is 7.80. The van der Waals surface area contributed by atoms with E-state index in [1.807, 2.05) is 11.7 Å². The molecule has 2 rings (SSSR count). The zero-order valence-corrected chi connectivity index (χ0v) is 11.8. The number of hydrogen-bond donors (Lipinski definition) is 1. The summed E-state index contributed by atoms with van der Waals surface area (Å²) in [6, 6.07) is 1.07. The standard InChI is InChI=1S/C14H24N2S/c1-11(13-7-5-3-4-6-8-13)16-12(2)14-9-15-10-17-14/h9-13,16H,3-8H2,1-2H3/t11-,12?/m1/s1. The third-order valence-corrected chi connectivity index (χ3v) is 4.96. The highest BCUT2D eigenvalue weighted by Gasteiger charge is 2.20. The summed E-state index contributed by atoms with van der Waals surface area (Å²) >= 11 is 1.75. The summed E-state index contributed by atoms with van der Waals surface area (Å²) in [5.74, 6) is 0.868. The van der Waals surface area contributed by atoms with E-state index in [9.17, 15) is 0 Å². The van der Waals surface area contributed by atoms with Gasteiger partial charge in [-0.2, -0.15) is 0 Å². The van der Waals surface area contributed by atoms with Crippen molar-refractivity contribution in [3.8, 4) is 0 Å². The van der Waals surface area contributed by atoms with Crippen LogP contribution in [0.25, 0.3) is 0 Å². The fourth-order valence-electron chi connectivity index (χ4n) is 2.86. The van der Waals surface area contributed by atoms with Gasteiger partial charge in [-0.15, -0.1) is 11.3 Å². The lowest BCUT2D eigenvalue weighted by Gasteiger charge is -2.26. The van der Waals surface area contributed by atoms with Crippen LogP contribution in [0.2, 0.25) is 0 Å². The summed E-state index contributed by atoms with van der Waals surface area (Å²) in [7, 11) is 0. The minimum Gasteiger partial charge on any atom is -0.307 e. The number of aromatic nitrogens is 1. The molecule has 0 aliphatic heterocycles. The molecule has 0 saturated heterocycles. The molecule has 1 fully saturated rings. The number of hydrogen-bond acceptors (Lipinski definition) is 3. The summed E-state index contributed by atoms with van der Waals surface area (Å²) in [6.07, 6.45) is 10.5. The molecule has 1 unspecified atom stereocenters. The fraction of sp³-hybridized carbons (Fsp3) is 0.786. The molecule has 1 aliphatic carbocycles. The largest absolute Gasteiger partial charge is 0.307 e. The van der Waals surface area contributed by atoms with Crippen LogP contribution in [-0.2, 0) is 0 Å². The van der Waals surface area contributed by atoms with Gasteiger partial charge in [0, 0.05) is 23.2 Å². The molecular formula is C14H24N2S. The SMILES string of the molecule is CC(N[C@H](C)C1CCCCCC1)c1cncs1. The molecule has 0 spiro atoms. The van der Waals surface area contributed by atoms with E-state index in [2.05, 4.69) is 24.1 Å². The van der Waals surface area contributed by atoms with Crippen LogP contribution in [-0.4, -0.2) is 11.0 Å². The van der Waals surface area contributed by atoms with Crippen molar-refractivity contribution < 1.29 is 0 Å². The summed E-state index contributed by atoms with van der Waals surface area (Å²) in [5.41, 5.74) is 1.92. The van der Waals surface area contributed by atoms with Crippen LogP contribution >= 0.6 is 11.3 Å². The highest BCUT2D eigenvalue weighted by Crippen LogP contribution is 2.27. The first-order chi connectivity index (χ1) is 8.27. The Morgan fingerprint density at radius 3 is 2.53 bits per heavy atom. The maximum absolute atomic E-state index is 4.16. The first-order valence-electron chi connectivity index (χ1n) is 6.92. The van der Waals surface area contributed by atoms with Crippen molar-refractivity contribution in [2.24, 2.45) is 5.92 Å². The van der Waals surface area contributed by atoms with Crippen molar-refractivity contribution in [1.82, 2.24) is 10.3 Å². The average molecular weight is 252 g/mol. The van der Waals surface area contributed by atoms with Gasteiger partial charge in [-0.3, -0.25) is 4.98 Å². The minimum atomic E-state index is 0.445. The van der Waals surface area contributed by atoms with E-state index in [1.54, 1.807) is 11.3 Å². The van der Waals surface area contributed by atoms with E-state index < -0.39 is 0 Å². The van der Waals surface area contributed by atoms with Gasteiger partial charge in [-0.05, 0) is 32.6 Å². The van der Waals surface area contributed by atoms with Crippen LogP contribution in [0.4, 0.5) is 0 Å². The van der Waals surface area contributed by atoms with Crippen LogP contribution in [0.1, 0.15) is 63.3 Å². The molecule has 1 saturated carbocycles. The Kier molecular flexibility index (Phi) is 4.99. The summed E-state index contributed by atoms with van der Waals surface area (Å²) < 4.78 is 0. The van der Waals surface area contributed by atoms with E-state index >= 15 is 0 Å². The number of rotatable bonds is 4. The summed E-state index contributed by atoms with van der Waals surface area (Å²) in [5, 5.41) is 3.75. The van der Waals surface area contributed by atoms with Gasteiger partial charge in [0.15, 0.2) is 0 Å². The van der Waals surface area contributed by atoms with Crippen LogP contribution < -0.4 is 5.32 Å². The Bertz CT molecular complexity index is 302. The van der Waals surface area contributed by atoms with E-state index in [1.165, 1.54) is 43.4 Å². The molecular weight excluding hydrogens is 228 g/mol. The maximum Gasteiger partial charge on any atom is 0.0794 e. The minimum absolute atomic E-state index is 0.445. The lowest BCUT2D eigenvalue weighted by Crippen LogP contribution is -2.35. The molecule has 0 radical (unpaired) electrons. The molecule has 1 aromatic rings. The van der Waals surface area contributed by atoms with Crippen LogP contribution in [0.3, 0.4) is 0 Å². The van der Waals surface area contributed by atoms with Crippen molar-refractivity contribution in [3.05, 3.63) is 16.6 Å². The fourth-order valence-corrected chi connectivity index (χ4v) is 3.50. The predicted molar refractivity (Wildman–Crippen MR) is 74.3 cm³/mol. The molecule has 2 nitrogen and oxygen atoms in total. The molecule has 1 aliphatic rings. The molecule has 2 atom stereocenters. The second-order valence-corrected chi connectivity index (χ2v) is 6.25. The molecule has 1 N–H and O–H groups in total. The predicted octanol–water partition coefficient (Wildman–Crippen LogP) is 4.15. The third kappa shape index (κ3) is 3.78. The number of nitrogens with one attached hydrogen (secondary N) is 1. The monoisotopic (exact) mass is 252 g/mol. The van der Waals surface area contributed by atoms with Crippen molar-refractivity contribution >= 4 is 11.3 Å². The number of thiazole rings is 1. The topological polar surface area (TPSA) is 24.9 Å². The Morgan fingerprint density at radius 2 is 1.94 bits per heavy atom. The van der Waals surface area contributed by atoms with Crippen molar-refractivity contribution in [3.63, 3.8) is 0 Å². The molecule has 1 heterocycles. The Balaban J connectivity index is 1.85. The lowest BCUT2D eigenvalue weighted by atomic mass is 9.92. The average Bonchev–Trinajstić information content (AvgIpc) is 2.71. The molecule has 0 aromatic carbocycles. The van der Waals surface area contributed by atoms with Crippen LogP contribution in [0.15, 0.2) is 11.7 Å². The van der Waals surface area contributed by atoms with Crippen LogP contribution in [0, 0.1) is 5.92 Å². The van der Waals surface area contributed by atoms with Gasteiger partial charge in [0.05, 0.1) is 5.51 Å². The molecule has 0 bridgehead atoms.